The summed E-state index contributed by atoms with van der Waals surface area (Å²) in [7, 11) is 0. The van der Waals surface area contributed by atoms with Crippen molar-refractivity contribution < 1.29 is 0 Å². The normalized spacial score (nSPS) is 9.69. The second kappa shape index (κ2) is 4.48. The fourth-order valence-corrected chi connectivity index (χ4v) is 1.63. The van der Waals surface area contributed by atoms with Crippen molar-refractivity contribution in [1.82, 2.24) is 0 Å². The number of rotatable bonds is 2. The summed E-state index contributed by atoms with van der Waals surface area (Å²) in [4.78, 5) is 0. The van der Waals surface area contributed by atoms with Crippen LogP contribution in [-0.2, 0) is 6.42 Å². The lowest BCUT2D eigenvalue weighted by Crippen LogP contribution is -1.89. The minimum atomic E-state index is 0.820. The molecule has 0 aliphatic carbocycles. The highest BCUT2D eigenvalue weighted by molar-refractivity contribution is 9.10. The average molecular weight is 237 g/mol. The molecule has 1 heteroatoms. The Hall–Kier alpha value is -0.740. The van der Waals surface area contributed by atoms with Crippen LogP contribution in [-0.4, -0.2) is 0 Å². The van der Waals surface area contributed by atoms with Crippen LogP contribution in [0.25, 0.3) is 0 Å². The first-order valence-corrected chi connectivity index (χ1v) is 5.13. The summed E-state index contributed by atoms with van der Waals surface area (Å²) in [5.74, 6) is 2.66. The van der Waals surface area contributed by atoms with E-state index in [1.165, 1.54) is 21.2 Å². The van der Waals surface area contributed by atoms with Gasteiger partial charge in [0.1, 0.15) is 0 Å². The number of benzene rings is 1. The van der Waals surface area contributed by atoms with E-state index in [0.717, 1.165) is 12.8 Å². The lowest BCUT2D eigenvalue weighted by molar-refractivity contribution is 1.02. The maximum atomic E-state index is 5.22. The van der Waals surface area contributed by atoms with Gasteiger partial charge in [-0.05, 0) is 37.0 Å². The molecular weight excluding hydrogens is 224 g/mol. The fourth-order valence-electron chi connectivity index (χ4n) is 1.40. The number of hydrogen-bond acceptors (Lipinski definition) is 0. The second-order valence-electron chi connectivity index (χ2n) is 3.25. The number of hydrogen-bond donors (Lipinski definition) is 0. The van der Waals surface area contributed by atoms with Gasteiger partial charge in [-0.15, -0.1) is 12.3 Å². The smallest absolute Gasteiger partial charge is 0.0233 e. The van der Waals surface area contributed by atoms with Crippen LogP contribution in [0.4, 0.5) is 0 Å². The molecule has 0 radical (unpaired) electrons. The van der Waals surface area contributed by atoms with Crippen molar-refractivity contribution in [3.8, 4) is 12.3 Å². The Labute approximate surface area is 88.5 Å². The van der Waals surface area contributed by atoms with Crippen LogP contribution < -0.4 is 0 Å². The molecule has 0 unspecified atom stereocenters. The third-order valence-electron chi connectivity index (χ3n) is 2.05. The van der Waals surface area contributed by atoms with E-state index in [-0.39, 0.29) is 0 Å². The molecular formula is C12H13Br. The lowest BCUT2D eigenvalue weighted by Gasteiger charge is -2.06. The van der Waals surface area contributed by atoms with Gasteiger partial charge in [-0.1, -0.05) is 28.1 Å². The van der Waals surface area contributed by atoms with Gasteiger partial charge in [-0.2, -0.15) is 0 Å². The van der Waals surface area contributed by atoms with Crippen LogP contribution in [0.3, 0.4) is 0 Å². The molecule has 1 aromatic rings. The van der Waals surface area contributed by atoms with Crippen molar-refractivity contribution in [2.75, 3.05) is 0 Å². The van der Waals surface area contributed by atoms with E-state index in [0.29, 0.717) is 0 Å². The molecule has 0 aliphatic rings. The Morgan fingerprint density at radius 3 is 2.31 bits per heavy atom. The first kappa shape index (κ1) is 10.3. The van der Waals surface area contributed by atoms with Crippen molar-refractivity contribution in [3.05, 3.63) is 33.3 Å². The first-order chi connectivity index (χ1) is 6.15. The Kier molecular flexibility index (Phi) is 3.57. The van der Waals surface area contributed by atoms with Crippen molar-refractivity contribution >= 4 is 15.9 Å². The maximum absolute atomic E-state index is 5.22. The van der Waals surface area contributed by atoms with E-state index in [1.807, 2.05) is 0 Å². The van der Waals surface area contributed by atoms with Gasteiger partial charge in [0.2, 0.25) is 0 Å². The minimum absolute atomic E-state index is 0.820. The van der Waals surface area contributed by atoms with E-state index in [2.05, 4.69) is 47.8 Å². The molecule has 1 aromatic carbocycles. The Morgan fingerprint density at radius 2 is 1.85 bits per heavy atom. The number of halogens is 1. The molecule has 0 amide bonds. The van der Waals surface area contributed by atoms with E-state index in [4.69, 9.17) is 6.42 Å². The SMILES string of the molecule is C#CCCc1cc(C)c(Br)c(C)c1. The standard InChI is InChI=1S/C12H13Br/c1-4-5-6-11-7-9(2)12(13)10(3)8-11/h1,7-8H,5-6H2,2-3H3. The topological polar surface area (TPSA) is 0 Å². The molecule has 0 saturated carbocycles. The summed E-state index contributed by atoms with van der Waals surface area (Å²) in [5.41, 5.74) is 3.90. The minimum Gasteiger partial charge on any atom is -0.120 e. The Morgan fingerprint density at radius 1 is 1.31 bits per heavy atom. The van der Waals surface area contributed by atoms with Crippen LogP contribution in [0.15, 0.2) is 16.6 Å². The summed E-state index contributed by atoms with van der Waals surface area (Å²) in [6.45, 7) is 4.22. The van der Waals surface area contributed by atoms with E-state index in [1.54, 1.807) is 0 Å². The molecule has 0 saturated heterocycles. The molecule has 0 atom stereocenters. The molecule has 0 heterocycles. The highest BCUT2D eigenvalue weighted by Crippen LogP contribution is 2.22. The molecule has 68 valence electrons. The van der Waals surface area contributed by atoms with E-state index in [9.17, 15) is 0 Å². The lowest BCUT2D eigenvalue weighted by atomic mass is 10.0. The highest BCUT2D eigenvalue weighted by atomic mass is 79.9. The summed E-state index contributed by atoms with van der Waals surface area (Å²) in [5, 5.41) is 0. The fraction of sp³-hybridized carbons (Fsp3) is 0.333. The summed E-state index contributed by atoms with van der Waals surface area (Å²) < 4.78 is 1.21. The Bertz CT molecular complexity index is 322. The monoisotopic (exact) mass is 236 g/mol. The second-order valence-corrected chi connectivity index (χ2v) is 4.04. The van der Waals surface area contributed by atoms with Crippen molar-refractivity contribution in [3.63, 3.8) is 0 Å². The highest BCUT2D eigenvalue weighted by Gasteiger charge is 2.01. The van der Waals surface area contributed by atoms with E-state index >= 15 is 0 Å². The summed E-state index contributed by atoms with van der Waals surface area (Å²) in [6.07, 6.45) is 7.02. The average Bonchev–Trinajstić information content (AvgIpc) is 2.10. The first-order valence-electron chi connectivity index (χ1n) is 4.34. The number of aryl methyl sites for hydroxylation is 3. The van der Waals surface area contributed by atoms with Crippen LogP contribution >= 0.6 is 15.9 Å². The van der Waals surface area contributed by atoms with Crippen molar-refractivity contribution in [2.24, 2.45) is 0 Å². The summed E-state index contributed by atoms with van der Waals surface area (Å²) >= 11 is 3.54. The van der Waals surface area contributed by atoms with Gasteiger partial charge in [-0.3, -0.25) is 0 Å². The molecule has 0 spiro atoms. The van der Waals surface area contributed by atoms with Gasteiger partial charge in [-0.25, -0.2) is 0 Å². The molecule has 0 fully saturated rings. The predicted molar refractivity (Wildman–Crippen MR) is 60.8 cm³/mol. The molecule has 0 bridgehead atoms. The van der Waals surface area contributed by atoms with Gasteiger partial charge < -0.3 is 0 Å². The van der Waals surface area contributed by atoms with Crippen LogP contribution in [0.5, 0.6) is 0 Å². The maximum Gasteiger partial charge on any atom is 0.0233 e. The van der Waals surface area contributed by atoms with Crippen molar-refractivity contribution in [1.29, 1.82) is 0 Å². The zero-order chi connectivity index (χ0) is 9.84. The van der Waals surface area contributed by atoms with Crippen molar-refractivity contribution in [2.45, 2.75) is 26.7 Å². The molecule has 1 rings (SSSR count). The quantitative estimate of drug-likeness (QED) is 0.689. The molecule has 13 heavy (non-hydrogen) atoms. The van der Waals surface area contributed by atoms with Gasteiger partial charge in [0.15, 0.2) is 0 Å². The summed E-state index contributed by atoms with van der Waals surface area (Å²) in [6, 6.07) is 4.38. The zero-order valence-corrected chi connectivity index (χ0v) is 9.61. The van der Waals surface area contributed by atoms with Crippen LogP contribution in [0.1, 0.15) is 23.1 Å². The molecule has 0 aromatic heterocycles. The number of terminal acetylenes is 1. The van der Waals surface area contributed by atoms with Gasteiger partial charge >= 0.3 is 0 Å². The molecule has 0 N–H and O–H groups in total. The third-order valence-corrected chi connectivity index (χ3v) is 3.31. The molecule has 0 nitrogen and oxygen atoms in total. The Balaban J connectivity index is 2.94. The van der Waals surface area contributed by atoms with Gasteiger partial charge in [0.05, 0.1) is 0 Å². The largest absolute Gasteiger partial charge is 0.120 e. The van der Waals surface area contributed by atoms with Gasteiger partial charge in [0.25, 0.3) is 0 Å². The van der Waals surface area contributed by atoms with Gasteiger partial charge in [0, 0.05) is 10.9 Å². The van der Waals surface area contributed by atoms with E-state index < -0.39 is 0 Å². The predicted octanol–water partition coefficient (Wildman–Crippen LogP) is 3.63. The van der Waals surface area contributed by atoms with Crippen LogP contribution in [0.2, 0.25) is 0 Å². The third kappa shape index (κ3) is 2.60. The zero-order valence-electron chi connectivity index (χ0n) is 8.02. The molecule has 0 aliphatic heterocycles. The van der Waals surface area contributed by atoms with Crippen LogP contribution in [0, 0.1) is 26.2 Å².